The van der Waals surface area contributed by atoms with E-state index < -0.39 is 0 Å². The molecule has 1 aromatic heterocycles. The van der Waals surface area contributed by atoms with Gasteiger partial charge in [0.25, 0.3) is 0 Å². The number of benzene rings is 1. The number of rotatable bonds is 4. The first-order valence-corrected chi connectivity index (χ1v) is 7.46. The Hall–Kier alpha value is -2.18. The first-order chi connectivity index (χ1) is 10.7. The number of anilines is 3. The summed E-state index contributed by atoms with van der Waals surface area (Å²) in [7, 11) is 0. The van der Waals surface area contributed by atoms with Crippen LogP contribution in [0.2, 0.25) is 0 Å². The van der Waals surface area contributed by atoms with Crippen LogP contribution in [0.25, 0.3) is 0 Å². The zero-order valence-corrected chi connectivity index (χ0v) is 12.7. The highest BCUT2D eigenvalue weighted by Crippen LogP contribution is 2.17. The summed E-state index contributed by atoms with van der Waals surface area (Å²) in [5.74, 6) is 1.02. The molecule has 0 bridgehead atoms. The van der Waals surface area contributed by atoms with E-state index in [1.165, 1.54) is 5.56 Å². The molecule has 116 valence electrons. The second-order valence-corrected chi connectivity index (χ2v) is 5.48. The van der Waals surface area contributed by atoms with E-state index in [0.29, 0.717) is 11.8 Å². The third-order valence-corrected chi connectivity index (χ3v) is 3.70. The molecule has 0 spiro atoms. The predicted octanol–water partition coefficient (Wildman–Crippen LogP) is 1.94. The molecular formula is C16H21N5O. The van der Waals surface area contributed by atoms with Gasteiger partial charge in [0, 0.05) is 37.1 Å². The molecule has 0 saturated carbocycles. The minimum Gasteiger partial charge on any atom is -0.383 e. The highest BCUT2D eigenvalue weighted by atomic mass is 16.5. The van der Waals surface area contributed by atoms with Crippen LogP contribution in [0.1, 0.15) is 11.1 Å². The van der Waals surface area contributed by atoms with Gasteiger partial charge in [0.05, 0.1) is 13.2 Å². The standard InChI is InChI=1S/C16H21N5O/c1-12-10-18-16(20-15(12)17)19-14-4-2-3-13(9-14)11-21-5-7-22-8-6-21/h2-4,9-10H,5-8,11H2,1H3,(H3,17,18,19,20). The molecule has 6 heteroatoms. The van der Waals surface area contributed by atoms with Crippen molar-refractivity contribution in [3.8, 4) is 0 Å². The quantitative estimate of drug-likeness (QED) is 0.898. The summed E-state index contributed by atoms with van der Waals surface area (Å²) in [6, 6.07) is 8.29. The molecule has 1 aliphatic rings. The molecule has 22 heavy (non-hydrogen) atoms. The lowest BCUT2D eigenvalue weighted by Gasteiger charge is -2.26. The number of nitrogens with one attached hydrogen (secondary N) is 1. The zero-order valence-electron chi connectivity index (χ0n) is 12.7. The monoisotopic (exact) mass is 299 g/mol. The molecule has 0 radical (unpaired) electrons. The van der Waals surface area contributed by atoms with Gasteiger partial charge in [0.1, 0.15) is 5.82 Å². The van der Waals surface area contributed by atoms with Crippen LogP contribution in [0.5, 0.6) is 0 Å². The van der Waals surface area contributed by atoms with Crippen molar-refractivity contribution in [3.63, 3.8) is 0 Å². The Balaban J connectivity index is 1.68. The van der Waals surface area contributed by atoms with Crippen LogP contribution in [-0.2, 0) is 11.3 Å². The normalized spacial score (nSPS) is 15.7. The average molecular weight is 299 g/mol. The Morgan fingerprint density at radius 1 is 1.32 bits per heavy atom. The van der Waals surface area contributed by atoms with Crippen LogP contribution in [0.3, 0.4) is 0 Å². The van der Waals surface area contributed by atoms with Gasteiger partial charge < -0.3 is 15.8 Å². The molecular weight excluding hydrogens is 278 g/mol. The number of hydrogen-bond acceptors (Lipinski definition) is 6. The average Bonchev–Trinajstić information content (AvgIpc) is 2.52. The van der Waals surface area contributed by atoms with Crippen LogP contribution in [0.15, 0.2) is 30.5 Å². The van der Waals surface area contributed by atoms with E-state index in [9.17, 15) is 0 Å². The lowest BCUT2D eigenvalue weighted by Crippen LogP contribution is -2.35. The van der Waals surface area contributed by atoms with Crippen LogP contribution < -0.4 is 11.1 Å². The number of nitrogens with two attached hydrogens (primary N) is 1. The topological polar surface area (TPSA) is 76.3 Å². The van der Waals surface area contributed by atoms with E-state index in [-0.39, 0.29) is 0 Å². The summed E-state index contributed by atoms with van der Waals surface area (Å²) in [4.78, 5) is 10.9. The third kappa shape index (κ3) is 3.72. The van der Waals surface area contributed by atoms with Crippen molar-refractivity contribution >= 4 is 17.5 Å². The SMILES string of the molecule is Cc1cnc(Nc2cccc(CN3CCOCC3)c2)nc1N. The number of aromatic nitrogens is 2. The van der Waals surface area contributed by atoms with Gasteiger partial charge in [-0.15, -0.1) is 0 Å². The molecule has 1 aromatic carbocycles. The van der Waals surface area contributed by atoms with Gasteiger partial charge in [0.15, 0.2) is 0 Å². The fourth-order valence-corrected chi connectivity index (χ4v) is 2.41. The predicted molar refractivity (Wildman–Crippen MR) is 87.0 cm³/mol. The minimum atomic E-state index is 0.502. The van der Waals surface area contributed by atoms with Gasteiger partial charge in [0.2, 0.25) is 5.95 Å². The Bertz CT molecular complexity index is 640. The first-order valence-electron chi connectivity index (χ1n) is 7.46. The maximum Gasteiger partial charge on any atom is 0.229 e. The smallest absolute Gasteiger partial charge is 0.229 e. The van der Waals surface area contributed by atoms with Crippen molar-refractivity contribution < 1.29 is 4.74 Å². The fraction of sp³-hybridized carbons (Fsp3) is 0.375. The molecule has 3 N–H and O–H groups in total. The molecule has 1 aliphatic heterocycles. The van der Waals surface area contributed by atoms with Crippen molar-refractivity contribution in [2.45, 2.75) is 13.5 Å². The third-order valence-electron chi connectivity index (χ3n) is 3.70. The fourth-order valence-electron chi connectivity index (χ4n) is 2.41. The highest BCUT2D eigenvalue weighted by molar-refractivity contribution is 5.56. The summed E-state index contributed by atoms with van der Waals surface area (Å²) in [5.41, 5.74) is 8.92. The Morgan fingerprint density at radius 2 is 2.14 bits per heavy atom. The van der Waals surface area contributed by atoms with Crippen LogP contribution >= 0.6 is 0 Å². The largest absolute Gasteiger partial charge is 0.383 e. The summed E-state index contributed by atoms with van der Waals surface area (Å²) in [6.45, 7) is 6.41. The number of nitrogen functional groups attached to an aromatic ring is 1. The van der Waals surface area contributed by atoms with Crippen molar-refractivity contribution in [1.29, 1.82) is 0 Å². The van der Waals surface area contributed by atoms with E-state index in [1.807, 2.05) is 19.1 Å². The molecule has 0 aliphatic carbocycles. The number of aryl methyl sites for hydroxylation is 1. The first kappa shape index (κ1) is 14.7. The van der Waals surface area contributed by atoms with E-state index in [4.69, 9.17) is 10.5 Å². The zero-order chi connectivity index (χ0) is 15.4. The number of ether oxygens (including phenoxy) is 1. The van der Waals surface area contributed by atoms with Gasteiger partial charge >= 0.3 is 0 Å². The summed E-state index contributed by atoms with van der Waals surface area (Å²) in [6.07, 6.45) is 1.72. The lowest BCUT2D eigenvalue weighted by molar-refractivity contribution is 0.0342. The maximum atomic E-state index is 5.82. The van der Waals surface area contributed by atoms with Crippen molar-refractivity contribution in [2.24, 2.45) is 0 Å². The molecule has 0 unspecified atom stereocenters. The second-order valence-electron chi connectivity index (χ2n) is 5.48. The molecule has 1 saturated heterocycles. The molecule has 6 nitrogen and oxygen atoms in total. The maximum absolute atomic E-state index is 5.82. The van der Waals surface area contributed by atoms with E-state index >= 15 is 0 Å². The van der Waals surface area contributed by atoms with Gasteiger partial charge in [-0.25, -0.2) is 4.98 Å². The minimum absolute atomic E-state index is 0.502. The van der Waals surface area contributed by atoms with Crippen LogP contribution in [0.4, 0.5) is 17.5 Å². The Morgan fingerprint density at radius 3 is 2.91 bits per heavy atom. The summed E-state index contributed by atoms with van der Waals surface area (Å²) >= 11 is 0. The van der Waals surface area contributed by atoms with E-state index in [1.54, 1.807) is 6.20 Å². The van der Waals surface area contributed by atoms with Crippen molar-refractivity contribution in [1.82, 2.24) is 14.9 Å². The van der Waals surface area contributed by atoms with Crippen molar-refractivity contribution in [3.05, 3.63) is 41.6 Å². The summed E-state index contributed by atoms with van der Waals surface area (Å²) in [5, 5.41) is 3.20. The van der Waals surface area contributed by atoms with E-state index in [0.717, 1.165) is 44.1 Å². The highest BCUT2D eigenvalue weighted by Gasteiger charge is 2.11. The number of morpholine rings is 1. The second kappa shape index (κ2) is 6.72. The molecule has 0 amide bonds. The van der Waals surface area contributed by atoms with Gasteiger partial charge in [-0.05, 0) is 24.6 Å². The van der Waals surface area contributed by atoms with Gasteiger partial charge in [-0.2, -0.15) is 4.98 Å². The molecule has 2 heterocycles. The van der Waals surface area contributed by atoms with Gasteiger partial charge in [-0.1, -0.05) is 12.1 Å². The Labute approximate surface area is 130 Å². The molecule has 1 fully saturated rings. The summed E-state index contributed by atoms with van der Waals surface area (Å²) < 4.78 is 5.38. The molecule has 0 atom stereocenters. The lowest BCUT2D eigenvalue weighted by atomic mass is 10.2. The number of hydrogen-bond donors (Lipinski definition) is 2. The Kier molecular flexibility index (Phi) is 4.50. The molecule has 3 rings (SSSR count). The molecule has 2 aromatic rings. The van der Waals surface area contributed by atoms with Crippen LogP contribution in [0, 0.1) is 6.92 Å². The van der Waals surface area contributed by atoms with Crippen LogP contribution in [-0.4, -0.2) is 41.2 Å². The van der Waals surface area contributed by atoms with Gasteiger partial charge in [-0.3, -0.25) is 4.90 Å². The number of nitrogens with zero attached hydrogens (tertiary/aromatic N) is 3. The van der Waals surface area contributed by atoms with Crippen molar-refractivity contribution in [2.75, 3.05) is 37.4 Å². The van der Waals surface area contributed by atoms with E-state index in [2.05, 4.69) is 32.3 Å².